The zero-order chi connectivity index (χ0) is 22.2. The Morgan fingerprint density at radius 1 is 0.903 bits per heavy atom. The molecule has 3 N–H and O–H groups in total. The van der Waals surface area contributed by atoms with Gasteiger partial charge in [0.25, 0.3) is 5.91 Å². The SMILES string of the molecule is COc1ccc(C(C)SNC(=O)Nc2ccc(NC(=O)c3ccccc3F)cc2)cc1. The Morgan fingerprint density at radius 2 is 1.52 bits per heavy atom. The highest BCUT2D eigenvalue weighted by molar-refractivity contribution is 7.98. The van der Waals surface area contributed by atoms with Crippen molar-refractivity contribution in [2.24, 2.45) is 0 Å². The minimum Gasteiger partial charge on any atom is -0.497 e. The van der Waals surface area contributed by atoms with Crippen LogP contribution in [0.3, 0.4) is 0 Å². The number of amides is 3. The van der Waals surface area contributed by atoms with E-state index >= 15 is 0 Å². The van der Waals surface area contributed by atoms with E-state index in [2.05, 4.69) is 15.4 Å². The summed E-state index contributed by atoms with van der Waals surface area (Å²) in [5.41, 5.74) is 2.06. The third-order valence-corrected chi connectivity index (χ3v) is 5.36. The van der Waals surface area contributed by atoms with Crippen LogP contribution in [0.4, 0.5) is 20.6 Å². The van der Waals surface area contributed by atoms with Gasteiger partial charge in [-0.25, -0.2) is 9.18 Å². The first-order valence-corrected chi connectivity index (χ1v) is 10.4. The van der Waals surface area contributed by atoms with Crippen molar-refractivity contribution in [3.8, 4) is 5.75 Å². The molecular weight excluding hydrogens is 417 g/mol. The molecule has 31 heavy (non-hydrogen) atoms. The molecule has 0 saturated heterocycles. The fourth-order valence-electron chi connectivity index (χ4n) is 2.72. The number of hydrogen-bond acceptors (Lipinski definition) is 4. The van der Waals surface area contributed by atoms with Gasteiger partial charge in [0.05, 0.1) is 12.7 Å². The van der Waals surface area contributed by atoms with Crippen LogP contribution in [0.15, 0.2) is 72.8 Å². The number of carbonyl (C=O) groups is 2. The average Bonchev–Trinajstić information content (AvgIpc) is 2.79. The number of urea groups is 1. The second-order valence-corrected chi connectivity index (χ2v) is 7.75. The molecule has 0 radical (unpaired) electrons. The molecule has 3 aromatic rings. The van der Waals surface area contributed by atoms with Crippen molar-refractivity contribution >= 4 is 35.3 Å². The van der Waals surface area contributed by atoms with E-state index in [1.165, 1.54) is 30.1 Å². The first kappa shape index (κ1) is 22.2. The summed E-state index contributed by atoms with van der Waals surface area (Å²) in [6.07, 6.45) is 0. The van der Waals surface area contributed by atoms with Crippen LogP contribution in [-0.4, -0.2) is 19.0 Å². The lowest BCUT2D eigenvalue weighted by Crippen LogP contribution is -2.23. The van der Waals surface area contributed by atoms with Gasteiger partial charge in [0.15, 0.2) is 0 Å². The number of nitrogens with one attached hydrogen (secondary N) is 3. The lowest BCUT2D eigenvalue weighted by atomic mass is 10.2. The Labute approximate surface area is 184 Å². The van der Waals surface area contributed by atoms with Crippen LogP contribution in [0.25, 0.3) is 0 Å². The number of carbonyl (C=O) groups excluding carboxylic acids is 2. The third-order valence-electron chi connectivity index (χ3n) is 4.43. The molecule has 0 aliphatic carbocycles. The molecule has 0 heterocycles. The minimum atomic E-state index is -0.587. The fraction of sp³-hybridized carbons (Fsp3) is 0.130. The van der Waals surface area contributed by atoms with Crippen molar-refractivity contribution in [3.05, 3.63) is 89.7 Å². The van der Waals surface area contributed by atoms with Crippen molar-refractivity contribution in [2.75, 3.05) is 17.7 Å². The first-order chi connectivity index (χ1) is 15.0. The van der Waals surface area contributed by atoms with Gasteiger partial charge in [0.1, 0.15) is 11.6 Å². The molecule has 0 aromatic heterocycles. The van der Waals surface area contributed by atoms with E-state index in [0.717, 1.165) is 11.3 Å². The topological polar surface area (TPSA) is 79.5 Å². The average molecular weight is 440 g/mol. The molecule has 3 rings (SSSR count). The highest BCUT2D eigenvalue weighted by atomic mass is 32.2. The highest BCUT2D eigenvalue weighted by Gasteiger charge is 2.12. The minimum absolute atomic E-state index is 0.0351. The second kappa shape index (κ2) is 10.5. The van der Waals surface area contributed by atoms with Crippen LogP contribution in [-0.2, 0) is 0 Å². The maximum atomic E-state index is 13.7. The van der Waals surface area contributed by atoms with Gasteiger partial charge in [-0.2, -0.15) is 0 Å². The van der Waals surface area contributed by atoms with E-state index in [4.69, 9.17) is 4.74 Å². The summed E-state index contributed by atoms with van der Waals surface area (Å²) in [4.78, 5) is 24.3. The van der Waals surface area contributed by atoms with Gasteiger partial charge >= 0.3 is 6.03 Å². The molecule has 0 saturated carbocycles. The Hall–Kier alpha value is -3.52. The molecule has 160 valence electrons. The Balaban J connectivity index is 1.49. The standard InChI is InChI=1S/C23H22FN3O3S/c1-15(16-7-13-19(30-2)14-8-16)31-27-23(29)26-18-11-9-17(10-12-18)25-22(28)20-5-3-4-6-21(20)24/h3-15H,1-2H3,(H,25,28)(H2,26,27,29). The molecule has 0 aliphatic rings. The van der Waals surface area contributed by atoms with Crippen LogP contribution >= 0.6 is 11.9 Å². The Kier molecular flexibility index (Phi) is 7.50. The molecule has 1 unspecified atom stereocenters. The van der Waals surface area contributed by atoms with E-state index < -0.39 is 11.7 Å². The van der Waals surface area contributed by atoms with Crippen molar-refractivity contribution in [3.63, 3.8) is 0 Å². The summed E-state index contributed by atoms with van der Waals surface area (Å²) in [5.74, 6) is -0.350. The Morgan fingerprint density at radius 3 is 2.13 bits per heavy atom. The van der Waals surface area contributed by atoms with Gasteiger partial charge in [-0.1, -0.05) is 24.3 Å². The number of ether oxygens (including phenoxy) is 1. The maximum absolute atomic E-state index is 13.7. The molecule has 3 amide bonds. The third kappa shape index (κ3) is 6.23. The van der Waals surface area contributed by atoms with E-state index in [1.54, 1.807) is 37.4 Å². The van der Waals surface area contributed by atoms with Gasteiger partial charge in [0, 0.05) is 16.6 Å². The van der Waals surface area contributed by atoms with Crippen LogP contribution in [0.2, 0.25) is 0 Å². The highest BCUT2D eigenvalue weighted by Crippen LogP contribution is 2.27. The monoisotopic (exact) mass is 439 g/mol. The Bertz CT molecular complexity index is 1040. The van der Waals surface area contributed by atoms with E-state index in [-0.39, 0.29) is 16.8 Å². The largest absolute Gasteiger partial charge is 0.497 e. The zero-order valence-corrected chi connectivity index (χ0v) is 17.8. The smallest absolute Gasteiger partial charge is 0.329 e. The number of anilines is 2. The van der Waals surface area contributed by atoms with Crippen molar-refractivity contribution < 1.29 is 18.7 Å². The summed E-state index contributed by atoms with van der Waals surface area (Å²) in [6.45, 7) is 1.99. The molecule has 0 fully saturated rings. The lowest BCUT2D eigenvalue weighted by Gasteiger charge is -2.13. The van der Waals surface area contributed by atoms with Gasteiger partial charge in [0.2, 0.25) is 0 Å². The van der Waals surface area contributed by atoms with Crippen LogP contribution in [0, 0.1) is 5.82 Å². The predicted molar refractivity (Wildman–Crippen MR) is 122 cm³/mol. The molecule has 1 atom stereocenters. The summed E-state index contributed by atoms with van der Waals surface area (Å²) >= 11 is 1.29. The number of halogens is 1. The van der Waals surface area contributed by atoms with Gasteiger partial charge < -0.3 is 15.4 Å². The second-order valence-electron chi connectivity index (χ2n) is 6.60. The molecule has 0 spiro atoms. The summed E-state index contributed by atoms with van der Waals surface area (Å²) in [6, 6.07) is 19.6. The first-order valence-electron chi connectivity index (χ1n) is 9.49. The van der Waals surface area contributed by atoms with Gasteiger partial charge in [-0.05, 0) is 73.0 Å². The molecule has 3 aromatic carbocycles. The van der Waals surface area contributed by atoms with E-state index in [9.17, 15) is 14.0 Å². The van der Waals surface area contributed by atoms with Gasteiger partial charge in [-0.15, -0.1) is 0 Å². The van der Waals surface area contributed by atoms with E-state index in [0.29, 0.717) is 11.4 Å². The molecule has 0 bridgehead atoms. The number of hydrogen-bond donors (Lipinski definition) is 3. The number of rotatable bonds is 7. The number of methoxy groups -OCH3 is 1. The maximum Gasteiger partial charge on any atom is 0.329 e. The van der Waals surface area contributed by atoms with Gasteiger partial charge in [-0.3, -0.25) is 9.52 Å². The van der Waals surface area contributed by atoms with Crippen LogP contribution in [0.1, 0.15) is 28.1 Å². The summed E-state index contributed by atoms with van der Waals surface area (Å²) in [5, 5.41) is 5.40. The summed E-state index contributed by atoms with van der Waals surface area (Å²) < 4.78 is 21.6. The normalized spacial score (nSPS) is 11.3. The van der Waals surface area contributed by atoms with Crippen LogP contribution in [0.5, 0.6) is 5.75 Å². The van der Waals surface area contributed by atoms with E-state index in [1.807, 2.05) is 31.2 Å². The fourth-order valence-corrected chi connectivity index (χ4v) is 3.35. The molecular formula is C23H22FN3O3S. The lowest BCUT2D eigenvalue weighted by molar-refractivity contribution is 0.102. The number of benzene rings is 3. The molecule has 0 aliphatic heterocycles. The molecule has 8 heteroatoms. The quantitative estimate of drug-likeness (QED) is 0.418. The predicted octanol–water partition coefficient (Wildman–Crippen LogP) is 5.62. The van der Waals surface area contributed by atoms with Crippen LogP contribution < -0.4 is 20.1 Å². The molecule has 6 nitrogen and oxygen atoms in total. The van der Waals surface area contributed by atoms with Crippen molar-refractivity contribution in [1.29, 1.82) is 0 Å². The zero-order valence-electron chi connectivity index (χ0n) is 17.0. The summed E-state index contributed by atoms with van der Waals surface area (Å²) in [7, 11) is 1.61. The van der Waals surface area contributed by atoms with Crippen molar-refractivity contribution in [1.82, 2.24) is 4.72 Å². The van der Waals surface area contributed by atoms with Crippen molar-refractivity contribution in [2.45, 2.75) is 12.2 Å².